The number of terminal acetylenes is 1. The molecule has 2 heteroatoms. The van der Waals surface area contributed by atoms with Crippen molar-refractivity contribution >= 4 is 10.9 Å². The number of hydrogen-bond acceptors (Lipinski definition) is 1. The molecule has 2 nitrogen and oxygen atoms in total. The summed E-state index contributed by atoms with van der Waals surface area (Å²) in [5, 5.41) is 4.39. The van der Waals surface area contributed by atoms with Crippen LogP contribution >= 0.6 is 0 Å². The van der Waals surface area contributed by atoms with Crippen molar-refractivity contribution in [3.8, 4) is 12.3 Å². The predicted molar refractivity (Wildman–Crippen MR) is 63.5 cm³/mol. The minimum absolute atomic E-state index is 0.634. The Morgan fingerprint density at radius 2 is 2.27 bits per heavy atom. The minimum Gasteiger partial charge on any atom is -0.336 e. The van der Waals surface area contributed by atoms with Gasteiger partial charge in [0.1, 0.15) is 0 Å². The fraction of sp³-hybridized carbons (Fsp3) is 0.231. The van der Waals surface area contributed by atoms with Gasteiger partial charge in [-0.05, 0) is 36.2 Å². The molecule has 15 heavy (non-hydrogen) atoms. The van der Waals surface area contributed by atoms with E-state index in [1.807, 2.05) is 13.2 Å². The van der Waals surface area contributed by atoms with Gasteiger partial charge in [-0.2, -0.15) is 0 Å². The summed E-state index contributed by atoms with van der Waals surface area (Å²) in [6, 6.07) is 8.55. The smallest absolute Gasteiger partial charge is 0.0834 e. The fourth-order valence-corrected chi connectivity index (χ4v) is 1.80. The van der Waals surface area contributed by atoms with Crippen molar-refractivity contribution in [3.63, 3.8) is 0 Å². The summed E-state index contributed by atoms with van der Waals surface area (Å²) >= 11 is 0. The van der Waals surface area contributed by atoms with E-state index in [9.17, 15) is 0 Å². The van der Waals surface area contributed by atoms with Gasteiger partial charge >= 0.3 is 0 Å². The molecule has 1 aromatic heterocycles. The molecule has 76 valence electrons. The molecule has 0 saturated heterocycles. The van der Waals surface area contributed by atoms with Gasteiger partial charge in [0.25, 0.3) is 0 Å². The van der Waals surface area contributed by atoms with Crippen LogP contribution < -0.4 is 5.32 Å². The molecule has 0 bridgehead atoms. The highest BCUT2D eigenvalue weighted by Crippen LogP contribution is 2.17. The number of nitrogens with one attached hydrogen (secondary N) is 1. The number of hydrogen-bond donors (Lipinski definition) is 1. The summed E-state index contributed by atoms with van der Waals surface area (Å²) in [5.41, 5.74) is 2.50. The topological polar surface area (TPSA) is 17.0 Å². The lowest BCUT2D eigenvalue weighted by Crippen LogP contribution is -2.04. The first-order valence-corrected chi connectivity index (χ1v) is 5.01. The highest BCUT2D eigenvalue weighted by atomic mass is 14.9. The Kier molecular flexibility index (Phi) is 2.75. The lowest BCUT2D eigenvalue weighted by Gasteiger charge is -2.02. The SMILES string of the molecule is C#CCn1ccc2cc(CNC)ccc21. The first-order valence-electron chi connectivity index (χ1n) is 5.01. The Morgan fingerprint density at radius 1 is 1.40 bits per heavy atom. The molecule has 0 aliphatic carbocycles. The van der Waals surface area contributed by atoms with Gasteiger partial charge in [0.05, 0.1) is 6.54 Å². The Labute approximate surface area is 89.9 Å². The average molecular weight is 198 g/mol. The van der Waals surface area contributed by atoms with Crippen LogP contribution in [0, 0.1) is 12.3 Å². The zero-order chi connectivity index (χ0) is 10.7. The first kappa shape index (κ1) is 9.82. The van der Waals surface area contributed by atoms with Crippen molar-refractivity contribution in [2.75, 3.05) is 7.05 Å². The summed E-state index contributed by atoms with van der Waals surface area (Å²) in [4.78, 5) is 0. The molecule has 2 aromatic rings. The maximum atomic E-state index is 5.31. The van der Waals surface area contributed by atoms with Gasteiger partial charge in [-0.25, -0.2) is 0 Å². The quantitative estimate of drug-likeness (QED) is 0.746. The van der Waals surface area contributed by atoms with E-state index in [2.05, 4.69) is 40.1 Å². The molecule has 2 rings (SSSR count). The highest BCUT2D eigenvalue weighted by Gasteiger charge is 2.00. The zero-order valence-corrected chi connectivity index (χ0v) is 8.83. The molecular weight excluding hydrogens is 184 g/mol. The van der Waals surface area contributed by atoms with Crippen molar-refractivity contribution in [1.29, 1.82) is 0 Å². The maximum Gasteiger partial charge on any atom is 0.0834 e. The molecule has 1 aromatic carbocycles. The molecule has 0 amide bonds. The van der Waals surface area contributed by atoms with Gasteiger partial charge in [0.2, 0.25) is 0 Å². The minimum atomic E-state index is 0.634. The third kappa shape index (κ3) is 1.88. The Morgan fingerprint density at radius 3 is 3.00 bits per heavy atom. The van der Waals surface area contributed by atoms with Crippen LogP contribution in [0.25, 0.3) is 10.9 Å². The van der Waals surface area contributed by atoms with E-state index < -0.39 is 0 Å². The predicted octanol–water partition coefficient (Wildman–Crippen LogP) is 1.99. The third-order valence-corrected chi connectivity index (χ3v) is 2.48. The van der Waals surface area contributed by atoms with E-state index in [0.29, 0.717) is 6.54 Å². The molecule has 0 aliphatic heterocycles. The Balaban J connectivity index is 2.43. The molecule has 0 atom stereocenters. The van der Waals surface area contributed by atoms with E-state index >= 15 is 0 Å². The van der Waals surface area contributed by atoms with Crippen LogP contribution in [0.5, 0.6) is 0 Å². The fourth-order valence-electron chi connectivity index (χ4n) is 1.80. The third-order valence-electron chi connectivity index (χ3n) is 2.48. The second-order valence-electron chi connectivity index (χ2n) is 3.57. The highest BCUT2D eigenvalue weighted by molar-refractivity contribution is 5.80. The second kappa shape index (κ2) is 4.20. The Bertz CT molecular complexity index is 503. The number of nitrogens with zero attached hydrogens (tertiary/aromatic N) is 1. The summed E-state index contributed by atoms with van der Waals surface area (Å²) < 4.78 is 2.08. The second-order valence-corrected chi connectivity index (χ2v) is 3.57. The van der Waals surface area contributed by atoms with Crippen molar-refractivity contribution in [1.82, 2.24) is 9.88 Å². The van der Waals surface area contributed by atoms with E-state index in [0.717, 1.165) is 6.54 Å². The summed E-state index contributed by atoms with van der Waals surface area (Å²) in [6.45, 7) is 1.53. The average Bonchev–Trinajstić information content (AvgIpc) is 2.62. The summed E-state index contributed by atoms with van der Waals surface area (Å²) in [5.74, 6) is 2.65. The molecule has 1 heterocycles. The van der Waals surface area contributed by atoms with Gasteiger partial charge in [-0.1, -0.05) is 12.0 Å². The van der Waals surface area contributed by atoms with Crippen molar-refractivity contribution in [3.05, 3.63) is 36.0 Å². The van der Waals surface area contributed by atoms with Crippen LogP contribution in [0.15, 0.2) is 30.5 Å². The van der Waals surface area contributed by atoms with Gasteiger partial charge in [-0.3, -0.25) is 0 Å². The lowest BCUT2D eigenvalue weighted by atomic mass is 10.1. The van der Waals surface area contributed by atoms with Crippen LogP contribution in [0.2, 0.25) is 0 Å². The number of fused-ring (bicyclic) bond motifs is 1. The monoisotopic (exact) mass is 198 g/mol. The van der Waals surface area contributed by atoms with Gasteiger partial charge in [-0.15, -0.1) is 6.42 Å². The normalized spacial score (nSPS) is 10.4. The Hall–Kier alpha value is -1.72. The largest absolute Gasteiger partial charge is 0.336 e. The standard InChI is InChI=1S/C13H14N2/c1-3-7-15-8-6-12-9-11(10-14-2)4-5-13(12)15/h1,4-6,8-9,14H,7,10H2,2H3. The molecular formula is C13H14N2. The number of aromatic nitrogens is 1. The molecule has 0 fully saturated rings. The molecule has 1 N–H and O–H groups in total. The molecule has 0 aliphatic rings. The molecule has 0 unspecified atom stereocenters. The van der Waals surface area contributed by atoms with Crippen LogP contribution in [0.3, 0.4) is 0 Å². The van der Waals surface area contributed by atoms with Crippen LogP contribution in [-0.2, 0) is 13.1 Å². The van der Waals surface area contributed by atoms with Gasteiger partial charge in [0, 0.05) is 18.3 Å². The van der Waals surface area contributed by atoms with E-state index in [1.54, 1.807) is 0 Å². The first-order chi connectivity index (χ1) is 7.35. The van der Waals surface area contributed by atoms with Crippen LogP contribution in [-0.4, -0.2) is 11.6 Å². The van der Waals surface area contributed by atoms with E-state index in [1.165, 1.54) is 16.5 Å². The molecule has 0 saturated carbocycles. The van der Waals surface area contributed by atoms with Gasteiger partial charge < -0.3 is 9.88 Å². The van der Waals surface area contributed by atoms with Crippen LogP contribution in [0.4, 0.5) is 0 Å². The number of rotatable bonds is 3. The van der Waals surface area contributed by atoms with Crippen molar-refractivity contribution < 1.29 is 0 Å². The molecule has 0 radical (unpaired) electrons. The number of benzene rings is 1. The maximum absolute atomic E-state index is 5.31. The van der Waals surface area contributed by atoms with Gasteiger partial charge in [0.15, 0.2) is 0 Å². The zero-order valence-electron chi connectivity index (χ0n) is 8.83. The molecule has 0 spiro atoms. The van der Waals surface area contributed by atoms with Crippen molar-refractivity contribution in [2.24, 2.45) is 0 Å². The lowest BCUT2D eigenvalue weighted by molar-refractivity contribution is 0.818. The summed E-state index contributed by atoms with van der Waals surface area (Å²) in [7, 11) is 1.95. The van der Waals surface area contributed by atoms with Crippen LogP contribution in [0.1, 0.15) is 5.56 Å². The van der Waals surface area contributed by atoms with E-state index in [4.69, 9.17) is 6.42 Å². The van der Waals surface area contributed by atoms with E-state index in [-0.39, 0.29) is 0 Å². The summed E-state index contributed by atoms with van der Waals surface area (Å²) in [6.07, 6.45) is 7.34. The van der Waals surface area contributed by atoms with Crippen molar-refractivity contribution in [2.45, 2.75) is 13.1 Å².